The van der Waals surface area contributed by atoms with Gasteiger partial charge in [0.15, 0.2) is 0 Å². The highest BCUT2D eigenvalue weighted by Crippen LogP contribution is 2.21. The van der Waals surface area contributed by atoms with Gasteiger partial charge in [-0.25, -0.2) is 4.79 Å². The topological polar surface area (TPSA) is 41.6 Å². The molecule has 1 N–H and O–H groups in total. The van der Waals surface area contributed by atoms with Crippen LogP contribution in [0.5, 0.6) is 0 Å². The zero-order valence-electron chi connectivity index (χ0n) is 14.8. The van der Waals surface area contributed by atoms with E-state index in [0.29, 0.717) is 12.0 Å². The van der Waals surface area contributed by atoms with Gasteiger partial charge in [-0.1, -0.05) is 37.3 Å². The van der Waals surface area contributed by atoms with Crippen molar-refractivity contribution in [3.63, 3.8) is 0 Å². The standard InChI is InChI=1S/C19H30N2O2/c1-15-10-12-21(23-18(22)19(2,3)4)13-11-17(15)20-14-16-8-6-5-7-9-16/h5-9,15,17,20H,10-14H2,1-4H3. The molecule has 0 amide bonds. The third-order valence-electron chi connectivity index (χ3n) is 4.45. The lowest BCUT2D eigenvalue weighted by molar-refractivity contribution is -0.200. The van der Waals surface area contributed by atoms with Gasteiger partial charge in [0, 0.05) is 25.7 Å². The second-order valence-electron chi connectivity index (χ2n) is 7.59. The molecule has 2 unspecified atom stereocenters. The molecule has 23 heavy (non-hydrogen) atoms. The van der Waals surface area contributed by atoms with E-state index < -0.39 is 5.41 Å². The van der Waals surface area contributed by atoms with Gasteiger partial charge in [0.1, 0.15) is 0 Å². The molecule has 2 rings (SSSR count). The SMILES string of the molecule is CC1CCN(OC(=O)C(C)(C)C)CCC1NCc1ccccc1. The van der Waals surface area contributed by atoms with E-state index in [-0.39, 0.29) is 5.97 Å². The summed E-state index contributed by atoms with van der Waals surface area (Å²) in [5, 5.41) is 5.51. The number of benzene rings is 1. The maximum atomic E-state index is 12.0. The summed E-state index contributed by atoms with van der Waals surface area (Å²) in [5.41, 5.74) is 0.850. The van der Waals surface area contributed by atoms with Crippen molar-refractivity contribution in [2.24, 2.45) is 11.3 Å². The smallest absolute Gasteiger partial charge is 0.330 e. The van der Waals surface area contributed by atoms with Gasteiger partial charge in [0.05, 0.1) is 5.41 Å². The Kier molecular flexibility index (Phi) is 6.19. The fraction of sp³-hybridized carbons (Fsp3) is 0.632. The van der Waals surface area contributed by atoms with Gasteiger partial charge in [-0.15, -0.1) is 5.06 Å². The zero-order valence-corrected chi connectivity index (χ0v) is 14.8. The molecule has 0 aromatic heterocycles. The Morgan fingerprint density at radius 1 is 1.22 bits per heavy atom. The number of hydrogen-bond donors (Lipinski definition) is 1. The molecule has 0 saturated carbocycles. The summed E-state index contributed by atoms with van der Waals surface area (Å²) in [6.07, 6.45) is 2.02. The lowest BCUT2D eigenvalue weighted by atomic mass is 9.97. The van der Waals surface area contributed by atoms with Crippen LogP contribution in [0.15, 0.2) is 30.3 Å². The first-order valence-electron chi connectivity index (χ1n) is 8.61. The van der Waals surface area contributed by atoms with Crippen molar-refractivity contribution in [1.82, 2.24) is 10.4 Å². The lowest BCUT2D eigenvalue weighted by Crippen LogP contribution is -2.36. The van der Waals surface area contributed by atoms with Crippen LogP contribution in [0.25, 0.3) is 0 Å². The second kappa shape index (κ2) is 7.93. The maximum absolute atomic E-state index is 12.0. The monoisotopic (exact) mass is 318 g/mol. The van der Waals surface area contributed by atoms with Crippen molar-refractivity contribution >= 4 is 5.97 Å². The molecule has 0 spiro atoms. The maximum Gasteiger partial charge on any atom is 0.330 e. The van der Waals surface area contributed by atoms with Crippen LogP contribution in [0.3, 0.4) is 0 Å². The Bertz CT molecular complexity index is 496. The Labute approximate surface area is 140 Å². The van der Waals surface area contributed by atoms with Gasteiger partial charge in [-0.05, 0) is 45.1 Å². The summed E-state index contributed by atoms with van der Waals surface area (Å²) in [5.74, 6) is 0.415. The van der Waals surface area contributed by atoms with Crippen molar-refractivity contribution in [3.05, 3.63) is 35.9 Å². The molecule has 0 radical (unpaired) electrons. The molecule has 128 valence electrons. The molecule has 2 atom stereocenters. The molecule has 1 aliphatic rings. The predicted octanol–water partition coefficient (Wildman–Crippen LogP) is 3.38. The quantitative estimate of drug-likeness (QED) is 0.924. The number of hydroxylamine groups is 2. The van der Waals surface area contributed by atoms with Gasteiger partial charge in [-0.2, -0.15) is 0 Å². The van der Waals surface area contributed by atoms with Crippen molar-refractivity contribution < 1.29 is 9.63 Å². The highest BCUT2D eigenvalue weighted by molar-refractivity contribution is 5.75. The van der Waals surface area contributed by atoms with Crippen molar-refractivity contribution in [2.75, 3.05) is 13.1 Å². The summed E-state index contributed by atoms with van der Waals surface area (Å²) < 4.78 is 0. The van der Waals surface area contributed by atoms with Crippen LogP contribution < -0.4 is 5.32 Å². The normalized spacial score (nSPS) is 23.3. The summed E-state index contributed by atoms with van der Waals surface area (Å²) in [6.45, 7) is 10.4. The third-order valence-corrected chi connectivity index (χ3v) is 4.45. The second-order valence-corrected chi connectivity index (χ2v) is 7.59. The molecular weight excluding hydrogens is 288 g/mol. The van der Waals surface area contributed by atoms with Crippen LogP contribution in [0, 0.1) is 11.3 Å². The number of nitrogens with one attached hydrogen (secondary N) is 1. The number of hydrogen-bond acceptors (Lipinski definition) is 4. The molecule has 1 heterocycles. The zero-order chi connectivity index (χ0) is 16.9. The van der Waals surface area contributed by atoms with E-state index in [4.69, 9.17) is 4.84 Å². The molecule has 1 aliphatic heterocycles. The Morgan fingerprint density at radius 2 is 1.87 bits per heavy atom. The van der Waals surface area contributed by atoms with Gasteiger partial charge >= 0.3 is 5.97 Å². The van der Waals surface area contributed by atoms with Gasteiger partial charge < -0.3 is 10.2 Å². The van der Waals surface area contributed by atoms with E-state index in [9.17, 15) is 4.79 Å². The van der Waals surface area contributed by atoms with Crippen LogP contribution in [-0.4, -0.2) is 30.2 Å². The summed E-state index contributed by atoms with van der Waals surface area (Å²) in [7, 11) is 0. The molecule has 0 bridgehead atoms. The molecule has 1 saturated heterocycles. The number of carbonyl (C=O) groups excluding carboxylic acids is 1. The lowest BCUT2D eigenvalue weighted by Gasteiger charge is -2.24. The number of rotatable bonds is 4. The van der Waals surface area contributed by atoms with E-state index in [2.05, 4.69) is 36.5 Å². The van der Waals surface area contributed by atoms with Crippen LogP contribution >= 0.6 is 0 Å². The number of nitrogens with zero attached hydrogens (tertiary/aromatic N) is 1. The summed E-state index contributed by atoms with van der Waals surface area (Å²) in [4.78, 5) is 17.6. The molecule has 0 aliphatic carbocycles. The van der Waals surface area contributed by atoms with E-state index in [1.807, 2.05) is 31.9 Å². The minimum atomic E-state index is -0.455. The molecule has 4 nitrogen and oxygen atoms in total. The largest absolute Gasteiger partial charge is 0.367 e. The highest BCUT2D eigenvalue weighted by atomic mass is 16.7. The van der Waals surface area contributed by atoms with Crippen molar-refractivity contribution in [1.29, 1.82) is 0 Å². The van der Waals surface area contributed by atoms with Gasteiger partial charge in [0.2, 0.25) is 0 Å². The Balaban J connectivity index is 1.84. The fourth-order valence-corrected chi connectivity index (χ4v) is 2.72. The van der Waals surface area contributed by atoms with Gasteiger partial charge in [-0.3, -0.25) is 0 Å². The fourth-order valence-electron chi connectivity index (χ4n) is 2.72. The minimum absolute atomic E-state index is 0.152. The van der Waals surface area contributed by atoms with E-state index in [1.54, 1.807) is 0 Å². The first kappa shape index (κ1) is 18.0. The summed E-state index contributed by atoms with van der Waals surface area (Å²) in [6, 6.07) is 10.9. The average Bonchev–Trinajstić information content (AvgIpc) is 2.68. The molecule has 1 aromatic rings. The van der Waals surface area contributed by atoms with Crippen LogP contribution in [0.2, 0.25) is 0 Å². The van der Waals surface area contributed by atoms with E-state index in [0.717, 1.165) is 32.5 Å². The van der Waals surface area contributed by atoms with Crippen molar-refractivity contribution in [2.45, 2.75) is 53.1 Å². The van der Waals surface area contributed by atoms with Crippen LogP contribution in [0.1, 0.15) is 46.1 Å². The third kappa shape index (κ3) is 5.63. The molecule has 1 aromatic carbocycles. The Morgan fingerprint density at radius 3 is 2.52 bits per heavy atom. The summed E-state index contributed by atoms with van der Waals surface area (Å²) >= 11 is 0. The minimum Gasteiger partial charge on any atom is -0.367 e. The van der Waals surface area contributed by atoms with Crippen LogP contribution in [0.4, 0.5) is 0 Å². The van der Waals surface area contributed by atoms with Crippen molar-refractivity contribution in [3.8, 4) is 0 Å². The average molecular weight is 318 g/mol. The van der Waals surface area contributed by atoms with E-state index in [1.165, 1.54) is 5.56 Å². The Hall–Kier alpha value is -1.39. The number of carbonyl (C=O) groups is 1. The predicted molar refractivity (Wildman–Crippen MR) is 92.6 cm³/mol. The first-order chi connectivity index (χ1) is 10.9. The molecule has 1 fully saturated rings. The molecular formula is C19H30N2O2. The van der Waals surface area contributed by atoms with E-state index >= 15 is 0 Å². The van der Waals surface area contributed by atoms with Crippen LogP contribution in [-0.2, 0) is 16.2 Å². The highest BCUT2D eigenvalue weighted by Gasteiger charge is 2.29. The molecule has 4 heteroatoms. The van der Waals surface area contributed by atoms with Gasteiger partial charge in [0.25, 0.3) is 0 Å². The first-order valence-corrected chi connectivity index (χ1v) is 8.61.